The molecule has 3 aromatic carbocycles. The van der Waals surface area contributed by atoms with E-state index in [1.54, 1.807) is 49.4 Å². The maximum absolute atomic E-state index is 11.3. The molecule has 0 spiro atoms. The molecule has 0 unspecified atom stereocenters. The van der Waals surface area contributed by atoms with E-state index in [1.807, 2.05) is 6.07 Å². The highest BCUT2D eigenvalue weighted by molar-refractivity contribution is 5.61. The van der Waals surface area contributed by atoms with Gasteiger partial charge in [0.25, 0.3) is 11.6 Å². The molecule has 0 N–H and O–H groups in total. The number of benzene rings is 3. The summed E-state index contributed by atoms with van der Waals surface area (Å²) in [5.74, 6) is 0.748. The number of nitro groups is 2. The maximum Gasteiger partial charge on any atom is 0.311 e. The first-order chi connectivity index (χ1) is 15.4. The zero-order chi connectivity index (χ0) is 22.7. The standard InChI is InChI=1S/C22H16N4O6/c1-14-5-10-20(19(11-14)26(29)30)31-13-15-3-2-4-17(12-15)22-23-21(24-32-22)16-6-8-18(9-7-16)25(27)28/h2-12H,13H2,1H3. The monoisotopic (exact) mass is 432 g/mol. The number of aromatic nitrogens is 2. The van der Waals surface area contributed by atoms with Gasteiger partial charge in [0, 0.05) is 29.3 Å². The molecule has 10 nitrogen and oxygen atoms in total. The Morgan fingerprint density at radius 1 is 0.938 bits per heavy atom. The number of nitro benzene ring substituents is 2. The highest BCUT2D eigenvalue weighted by atomic mass is 16.6. The lowest BCUT2D eigenvalue weighted by atomic mass is 10.1. The molecule has 0 atom stereocenters. The second kappa shape index (κ2) is 8.64. The fourth-order valence-corrected chi connectivity index (χ4v) is 3.04. The van der Waals surface area contributed by atoms with Crippen molar-refractivity contribution in [1.82, 2.24) is 10.1 Å². The number of non-ortho nitro benzene ring substituents is 1. The minimum absolute atomic E-state index is 0.0287. The number of rotatable bonds is 7. The highest BCUT2D eigenvalue weighted by Crippen LogP contribution is 2.29. The summed E-state index contributed by atoms with van der Waals surface area (Å²) in [5, 5.41) is 26.0. The van der Waals surface area contributed by atoms with E-state index >= 15 is 0 Å². The van der Waals surface area contributed by atoms with Gasteiger partial charge < -0.3 is 9.26 Å². The topological polar surface area (TPSA) is 134 Å². The lowest BCUT2D eigenvalue weighted by molar-refractivity contribution is -0.386. The third kappa shape index (κ3) is 4.43. The molecule has 0 aliphatic carbocycles. The molecule has 0 saturated heterocycles. The van der Waals surface area contributed by atoms with Crippen LogP contribution in [0.15, 0.2) is 71.3 Å². The second-order valence-corrected chi connectivity index (χ2v) is 6.94. The van der Waals surface area contributed by atoms with E-state index in [0.717, 1.165) is 11.1 Å². The molecule has 1 aromatic heterocycles. The third-order valence-electron chi connectivity index (χ3n) is 4.64. The van der Waals surface area contributed by atoms with Crippen molar-refractivity contribution in [2.45, 2.75) is 13.5 Å². The van der Waals surface area contributed by atoms with Gasteiger partial charge in [-0.05, 0) is 48.4 Å². The van der Waals surface area contributed by atoms with Gasteiger partial charge in [-0.25, -0.2) is 0 Å². The molecule has 4 aromatic rings. The van der Waals surface area contributed by atoms with Crippen molar-refractivity contribution >= 4 is 11.4 Å². The normalized spacial score (nSPS) is 10.7. The number of hydrogen-bond acceptors (Lipinski definition) is 8. The van der Waals surface area contributed by atoms with Crippen molar-refractivity contribution < 1.29 is 19.1 Å². The van der Waals surface area contributed by atoms with Crippen molar-refractivity contribution in [1.29, 1.82) is 0 Å². The molecule has 160 valence electrons. The first-order valence-corrected chi connectivity index (χ1v) is 9.46. The average molecular weight is 432 g/mol. The summed E-state index contributed by atoms with van der Waals surface area (Å²) in [4.78, 5) is 25.4. The van der Waals surface area contributed by atoms with Crippen LogP contribution in [0, 0.1) is 27.2 Å². The van der Waals surface area contributed by atoms with Gasteiger partial charge in [0.15, 0.2) is 5.75 Å². The Bertz CT molecular complexity index is 1300. The predicted octanol–water partition coefficient (Wildman–Crippen LogP) is 5.11. The first kappa shape index (κ1) is 20.7. The van der Waals surface area contributed by atoms with Gasteiger partial charge in [-0.1, -0.05) is 23.4 Å². The van der Waals surface area contributed by atoms with Gasteiger partial charge in [0.1, 0.15) is 6.61 Å². The van der Waals surface area contributed by atoms with Gasteiger partial charge in [-0.2, -0.15) is 4.98 Å². The Hall–Kier alpha value is -4.60. The summed E-state index contributed by atoms with van der Waals surface area (Å²) in [7, 11) is 0. The molecule has 1 heterocycles. The average Bonchev–Trinajstić information content (AvgIpc) is 3.29. The molecule has 0 saturated carbocycles. The van der Waals surface area contributed by atoms with Crippen LogP contribution < -0.4 is 4.74 Å². The number of hydrogen-bond donors (Lipinski definition) is 0. The summed E-state index contributed by atoms with van der Waals surface area (Å²) >= 11 is 0. The van der Waals surface area contributed by atoms with Crippen LogP contribution in [0.5, 0.6) is 5.75 Å². The molecular weight excluding hydrogens is 416 g/mol. The number of aryl methyl sites for hydroxylation is 1. The van der Waals surface area contributed by atoms with Crippen LogP contribution in [-0.4, -0.2) is 20.0 Å². The Morgan fingerprint density at radius 3 is 2.44 bits per heavy atom. The van der Waals surface area contributed by atoms with Gasteiger partial charge >= 0.3 is 5.69 Å². The van der Waals surface area contributed by atoms with E-state index < -0.39 is 9.85 Å². The van der Waals surface area contributed by atoms with E-state index in [9.17, 15) is 20.2 Å². The maximum atomic E-state index is 11.3. The van der Waals surface area contributed by atoms with Crippen LogP contribution >= 0.6 is 0 Å². The van der Waals surface area contributed by atoms with E-state index in [-0.39, 0.29) is 29.6 Å². The third-order valence-corrected chi connectivity index (χ3v) is 4.64. The highest BCUT2D eigenvalue weighted by Gasteiger charge is 2.16. The molecule has 10 heteroatoms. The second-order valence-electron chi connectivity index (χ2n) is 6.94. The zero-order valence-electron chi connectivity index (χ0n) is 16.8. The molecule has 0 bridgehead atoms. The van der Waals surface area contributed by atoms with Gasteiger partial charge in [0.2, 0.25) is 5.82 Å². The van der Waals surface area contributed by atoms with Crippen molar-refractivity contribution in [3.05, 3.63) is 98.1 Å². The van der Waals surface area contributed by atoms with Crippen LogP contribution in [0.3, 0.4) is 0 Å². The van der Waals surface area contributed by atoms with Crippen molar-refractivity contribution in [2.75, 3.05) is 0 Å². The molecule has 4 rings (SSSR count). The quantitative estimate of drug-likeness (QED) is 0.290. The van der Waals surface area contributed by atoms with Crippen molar-refractivity contribution in [2.24, 2.45) is 0 Å². The van der Waals surface area contributed by atoms with Gasteiger partial charge in [-0.3, -0.25) is 20.2 Å². The summed E-state index contributed by atoms with van der Waals surface area (Å²) in [6, 6.07) is 17.8. The first-order valence-electron chi connectivity index (χ1n) is 9.46. The minimum atomic E-state index is -0.482. The Morgan fingerprint density at radius 2 is 1.72 bits per heavy atom. The fourth-order valence-electron chi connectivity index (χ4n) is 3.04. The van der Waals surface area contributed by atoms with Gasteiger partial charge in [-0.15, -0.1) is 0 Å². The van der Waals surface area contributed by atoms with E-state index in [2.05, 4.69) is 10.1 Å². The molecule has 0 radical (unpaired) electrons. The van der Waals surface area contributed by atoms with Crippen LogP contribution in [0.2, 0.25) is 0 Å². The van der Waals surface area contributed by atoms with E-state index in [0.29, 0.717) is 17.0 Å². The summed E-state index contributed by atoms with van der Waals surface area (Å²) in [5.41, 5.74) is 2.63. The molecule has 32 heavy (non-hydrogen) atoms. The predicted molar refractivity (Wildman–Crippen MR) is 114 cm³/mol. The molecule has 0 aliphatic heterocycles. The molecule has 0 aliphatic rings. The molecule has 0 amide bonds. The minimum Gasteiger partial charge on any atom is -0.482 e. The summed E-state index contributed by atoms with van der Waals surface area (Å²) in [6.45, 7) is 1.89. The van der Waals surface area contributed by atoms with Crippen LogP contribution in [0.1, 0.15) is 11.1 Å². The SMILES string of the molecule is Cc1ccc(OCc2cccc(-c3nc(-c4ccc([N+](=O)[O-])cc4)no3)c2)c([N+](=O)[O-])c1. The van der Waals surface area contributed by atoms with Crippen LogP contribution in [0.25, 0.3) is 22.8 Å². The number of nitrogens with zero attached hydrogens (tertiary/aromatic N) is 4. The smallest absolute Gasteiger partial charge is 0.311 e. The van der Waals surface area contributed by atoms with Crippen molar-refractivity contribution in [3.8, 4) is 28.6 Å². The molecular formula is C22H16N4O6. The number of ether oxygens (including phenoxy) is 1. The summed E-state index contributed by atoms with van der Waals surface area (Å²) in [6.07, 6.45) is 0. The van der Waals surface area contributed by atoms with E-state index in [1.165, 1.54) is 18.2 Å². The Kier molecular flexibility index (Phi) is 5.58. The lowest BCUT2D eigenvalue weighted by Crippen LogP contribution is -1.99. The zero-order valence-corrected chi connectivity index (χ0v) is 16.8. The lowest BCUT2D eigenvalue weighted by Gasteiger charge is -2.08. The Balaban J connectivity index is 1.52. The van der Waals surface area contributed by atoms with E-state index in [4.69, 9.17) is 9.26 Å². The largest absolute Gasteiger partial charge is 0.482 e. The van der Waals surface area contributed by atoms with Crippen LogP contribution in [-0.2, 0) is 6.61 Å². The van der Waals surface area contributed by atoms with Crippen molar-refractivity contribution in [3.63, 3.8) is 0 Å². The fraction of sp³-hybridized carbons (Fsp3) is 0.0909. The summed E-state index contributed by atoms with van der Waals surface area (Å²) < 4.78 is 11.0. The van der Waals surface area contributed by atoms with Crippen LogP contribution in [0.4, 0.5) is 11.4 Å². The van der Waals surface area contributed by atoms with Gasteiger partial charge in [0.05, 0.1) is 9.85 Å². The molecule has 0 fully saturated rings. The Labute approximate surface area is 181 Å².